The molecule has 1 N–H and O–H groups in total. The molecule has 0 rings (SSSR count). The van der Waals surface area contributed by atoms with Gasteiger partial charge in [0.2, 0.25) is 0 Å². The molecule has 4 nitrogen and oxygen atoms in total. The lowest BCUT2D eigenvalue weighted by Gasteiger charge is -2.35. The van der Waals surface area contributed by atoms with Crippen molar-refractivity contribution in [1.29, 1.82) is 0 Å². The second-order valence-corrected chi connectivity index (χ2v) is 8.12. The van der Waals surface area contributed by atoms with Crippen molar-refractivity contribution in [3.63, 3.8) is 0 Å². The molecule has 0 aliphatic rings. The Labute approximate surface area is 153 Å². The fourth-order valence-electron chi connectivity index (χ4n) is 3.34. The molecule has 1 atom stereocenters. The first-order valence-corrected chi connectivity index (χ1v) is 10.1. The van der Waals surface area contributed by atoms with Crippen molar-refractivity contribution in [3.8, 4) is 0 Å². The zero-order valence-corrected chi connectivity index (χ0v) is 18.0. The highest BCUT2D eigenvalue weighted by molar-refractivity contribution is 4.85. The summed E-state index contributed by atoms with van der Waals surface area (Å²) in [4.78, 5) is 7.43. The molecule has 0 aromatic carbocycles. The Hall–Kier alpha value is -0.160. The van der Waals surface area contributed by atoms with Crippen LogP contribution in [0.5, 0.6) is 0 Å². The summed E-state index contributed by atoms with van der Waals surface area (Å²) in [5, 5.41) is 3.81. The van der Waals surface area contributed by atoms with Crippen molar-refractivity contribution in [2.75, 3.05) is 66.5 Å². The maximum Gasteiger partial charge on any atom is 0.0278 e. The van der Waals surface area contributed by atoms with Crippen molar-refractivity contribution in [2.45, 2.75) is 59.9 Å². The van der Waals surface area contributed by atoms with Gasteiger partial charge in [-0.25, -0.2) is 0 Å². The lowest BCUT2D eigenvalue weighted by molar-refractivity contribution is 0.192. The van der Waals surface area contributed by atoms with E-state index in [2.05, 4.69) is 75.7 Å². The molecule has 0 heterocycles. The van der Waals surface area contributed by atoms with Gasteiger partial charge in [0.25, 0.3) is 0 Å². The molecule has 0 aliphatic heterocycles. The minimum absolute atomic E-state index is 0.214. The summed E-state index contributed by atoms with van der Waals surface area (Å²) in [6.45, 7) is 23.0. The summed E-state index contributed by atoms with van der Waals surface area (Å²) in [5.41, 5.74) is 0.214. The lowest BCUT2D eigenvalue weighted by atomic mass is 9.97. The van der Waals surface area contributed by atoms with E-state index in [0.717, 1.165) is 25.6 Å². The van der Waals surface area contributed by atoms with Crippen LogP contribution < -0.4 is 5.32 Å². The van der Waals surface area contributed by atoms with Gasteiger partial charge in [-0.2, -0.15) is 0 Å². The number of hydrogen-bond donors (Lipinski definition) is 1. The van der Waals surface area contributed by atoms with E-state index in [1.165, 1.54) is 45.6 Å². The third kappa shape index (κ3) is 11.4. The van der Waals surface area contributed by atoms with Crippen molar-refractivity contribution >= 4 is 0 Å². The molecular weight excluding hydrogens is 296 g/mol. The van der Waals surface area contributed by atoms with Crippen LogP contribution in [0.25, 0.3) is 0 Å². The maximum atomic E-state index is 3.81. The lowest BCUT2D eigenvalue weighted by Crippen LogP contribution is -2.52. The molecule has 0 aliphatic carbocycles. The van der Waals surface area contributed by atoms with Crippen LogP contribution in [0, 0.1) is 5.92 Å². The van der Waals surface area contributed by atoms with Gasteiger partial charge in [-0.15, -0.1) is 0 Å². The van der Waals surface area contributed by atoms with E-state index in [0.29, 0.717) is 0 Å². The van der Waals surface area contributed by atoms with Gasteiger partial charge >= 0.3 is 0 Å². The number of nitrogens with one attached hydrogen (secondary N) is 1. The van der Waals surface area contributed by atoms with Gasteiger partial charge < -0.3 is 20.0 Å². The van der Waals surface area contributed by atoms with Crippen molar-refractivity contribution in [2.24, 2.45) is 5.92 Å². The summed E-state index contributed by atoms with van der Waals surface area (Å²) in [5.74, 6) is 0.730. The molecule has 1 unspecified atom stereocenters. The summed E-state index contributed by atoms with van der Waals surface area (Å²) < 4.78 is 0. The quantitative estimate of drug-likeness (QED) is 0.494. The van der Waals surface area contributed by atoms with Crippen LogP contribution in [0.2, 0.25) is 0 Å². The molecule has 0 fully saturated rings. The van der Waals surface area contributed by atoms with Gasteiger partial charge in [-0.3, -0.25) is 0 Å². The molecule has 0 bridgehead atoms. The predicted molar refractivity (Wildman–Crippen MR) is 109 cm³/mol. The Kier molecular flexibility index (Phi) is 13.0. The normalized spacial score (nSPS) is 15.0. The minimum atomic E-state index is 0.214. The first-order valence-electron chi connectivity index (χ1n) is 10.1. The maximum absolute atomic E-state index is 3.81. The molecule has 0 aromatic rings. The van der Waals surface area contributed by atoms with Crippen molar-refractivity contribution in [3.05, 3.63) is 0 Å². The first-order chi connectivity index (χ1) is 11.3. The van der Waals surface area contributed by atoms with E-state index in [9.17, 15) is 0 Å². The van der Waals surface area contributed by atoms with Crippen LogP contribution in [-0.4, -0.2) is 86.7 Å². The predicted octanol–water partition coefficient (Wildman–Crippen LogP) is 3.00. The van der Waals surface area contributed by atoms with Gasteiger partial charge in [0.1, 0.15) is 0 Å². The minimum Gasteiger partial charge on any atom is -0.309 e. The van der Waals surface area contributed by atoms with Gasteiger partial charge in [0.05, 0.1) is 0 Å². The highest BCUT2D eigenvalue weighted by Gasteiger charge is 2.23. The standard InChI is InChI=1S/C20H46N4/c1-9-20(6,18-23(8)17-19(4)5)21-13-16-22(7)14-12-15-24(10-2)11-3/h19,21H,9-18H2,1-8H3. The third-order valence-electron chi connectivity index (χ3n) is 5.03. The highest BCUT2D eigenvalue weighted by atomic mass is 15.2. The van der Waals surface area contributed by atoms with E-state index < -0.39 is 0 Å². The second-order valence-electron chi connectivity index (χ2n) is 8.12. The number of rotatable bonds is 15. The van der Waals surface area contributed by atoms with Crippen LogP contribution in [0.4, 0.5) is 0 Å². The average molecular weight is 343 g/mol. The van der Waals surface area contributed by atoms with E-state index in [1.807, 2.05) is 0 Å². The Balaban J connectivity index is 4.02. The highest BCUT2D eigenvalue weighted by Crippen LogP contribution is 2.11. The van der Waals surface area contributed by atoms with E-state index >= 15 is 0 Å². The molecule has 0 saturated heterocycles. The molecule has 4 heteroatoms. The molecular formula is C20H46N4. The van der Waals surface area contributed by atoms with Crippen molar-refractivity contribution < 1.29 is 0 Å². The topological polar surface area (TPSA) is 21.8 Å². The fourth-order valence-corrected chi connectivity index (χ4v) is 3.34. The fraction of sp³-hybridized carbons (Fsp3) is 1.00. The monoisotopic (exact) mass is 342 g/mol. The largest absolute Gasteiger partial charge is 0.309 e. The zero-order valence-electron chi connectivity index (χ0n) is 18.0. The third-order valence-corrected chi connectivity index (χ3v) is 5.03. The van der Waals surface area contributed by atoms with E-state index in [-0.39, 0.29) is 5.54 Å². The molecule has 0 amide bonds. The Morgan fingerprint density at radius 2 is 1.54 bits per heavy atom. The summed E-state index contributed by atoms with van der Waals surface area (Å²) in [7, 11) is 4.49. The van der Waals surface area contributed by atoms with Gasteiger partial charge in [-0.05, 0) is 66.0 Å². The number of nitrogens with zero attached hydrogens (tertiary/aromatic N) is 3. The van der Waals surface area contributed by atoms with Crippen LogP contribution >= 0.6 is 0 Å². The summed E-state index contributed by atoms with van der Waals surface area (Å²) in [6.07, 6.45) is 2.43. The van der Waals surface area contributed by atoms with E-state index in [4.69, 9.17) is 0 Å². The average Bonchev–Trinajstić information content (AvgIpc) is 2.50. The summed E-state index contributed by atoms with van der Waals surface area (Å²) >= 11 is 0. The Bertz CT molecular complexity index is 291. The molecule has 146 valence electrons. The number of likely N-dealkylation sites (N-methyl/N-ethyl adjacent to an activating group) is 2. The van der Waals surface area contributed by atoms with Gasteiger partial charge in [0.15, 0.2) is 0 Å². The zero-order chi connectivity index (χ0) is 18.6. The molecule has 0 radical (unpaired) electrons. The smallest absolute Gasteiger partial charge is 0.0278 e. The molecule has 0 saturated carbocycles. The van der Waals surface area contributed by atoms with Crippen LogP contribution in [-0.2, 0) is 0 Å². The Morgan fingerprint density at radius 3 is 2.04 bits per heavy atom. The molecule has 0 spiro atoms. The molecule has 0 aromatic heterocycles. The number of hydrogen-bond acceptors (Lipinski definition) is 4. The Morgan fingerprint density at radius 1 is 0.917 bits per heavy atom. The molecule has 24 heavy (non-hydrogen) atoms. The van der Waals surface area contributed by atoms with Gasteiger partial charge in [0, 0.05) is 31.7 Å². The van der Waals surface area contributed by atoms with Crippen LogP contribution in [0.15, 0.2) is 0 Å². The SMILES string of the molecule is CCN(CC)CCCN(C)CCNC(C)(CC)CN(C)CC(C)C. The van der Waals surface area contributed by atoms with Crippen molar-refractivity contribution in [1.82, 2.24) is 20.0 Å². The summed E-state index contributed by atoms with van der Waals surface area (Å²) in [6, 6.07) is 0. The van der Waals surface area contributed by atoms with Crippen LogP contribution in [0.1, 0.15) is 54.4 Å². The second kappa shape index (κ2) is 13.1. The first kappa shape index (κ1) is 23.8. The van der Waals surface area contributed by atoms with Gasteiger partial charge in [-0.1, -0.05) is 34.6 Å². The van der Waals surface area contributed by atoms with Crippen LogP contribution in [0.3, 0.4) is 0 Å². The van der Waals surface area contributed by atoms with E-state index in [1.54, 1.807) is 0 Å².